The number of aromatic nitrogens is 3. The molecule has 1 atom stereocenters. The number of hydrogen-bond acceptors (Lipinski definition) is 3. The van der Waals surface area contributed by atoms with Gasteiger partial charge in [-0.15, -0.1) is 0 Å². The highest BCUT2D eigenvalue weighted by Crippen LogP contribution is 2.21. The molecular weight excluding hydrogens is 188 g/mol. The van der Waals surface area contributed by atoms with Gasteiger partial charge in [-0.2, -0.15) is 0 Å². The number of hydrogen-bond donors (Lipinski definition) is 1. The van der Waals surface area contributed by atoms with E-state index < -0.39 is 0 Å². The predicted octanol–water partition coefficient (Wildman–Crippen LogP) is 1.11. The molecule has 1 N–H and O–H groups in total. The third kappa shape index (κ3) is 1.51. The Balaban J connectivity index is 2.05. The first-order chi connectivity index (χ1) is 7.33. The average Bonchev–Trinajstić information content (AvgIpc) is 2.84. The van der Waals surface area contributed by atoms with Crippen LogP contribution in [0.4, 0.5) is 0 Å². The maximum absolute atomic E-state index is 4.64. The molecular formula is C11H14N4. The van der Waals surface area contributed by atoms with Crippen LogP contribution in [0.15, 0.2) is 18.6 Å². The molecule has 3 heterocycles. The zero-order valence-electron chi connectivity index (χ0n) is 8.77. The fourth-order valence-electron chi connectivity index (χ4n) is 2.11. The summed E-state index contributed by atoms with van der Waals surface area (Å²) < 4.78 is 2.00. The summed E-state index contributed by atoms with van der Waals surface area (Å²) in [5, 5.41) is 3.36. The minimum atomic E-state index is 0.574. The molecule has 78 valence electrons. The quantitative estimate of drug-likeness (QED) is 0.753. The van der Waals surface area contributed by atoms with E-state index in [9.17, 15) is 0 Å². The molecule has 4 nitrogen and oxygen atoms in total. The molecule has 2 aromatic rings. The van der Waals surface area contributed by atoms with E-state index in [1.54, 1.807) is 0 Å². The summed E-state index contributed by atoms with van der Waals surface area (Å²) in [6.07, 6.45) is 5.12. The number of nitrogens with zero attached hydrogens (tertiary/aromatic N) is 3. The van der Waals surface area contributed by atoms with Crippen LogP contribution < -0.4 is 5.32 Å². The van der Waals surface area contributed by atoms with E-state index in [0.717, 1.165) is 24.4 Å². The molecule has 1 aliphatic heterocycles. The molecule has 1 fully saturated rings. The minimum absolute atomic E-state index is 0.574. The van der Waals surface area contributed by atoms with E-state index in [2.05, 4.69) is 21.5 Å². The van der Waals surface area contributed by atoms with Crippen molar-refractivity contribution in [3.8, 4) is 0 Å². The van der Waals surface area contributed by atoms with Gasteiger partial charge >= 0.3 is 0 Å². The largest absolute Gasteiger partial charge is 0.316 e. The van der Waals surface area contributed by atoms with Crippen molar-refractivity contribution in [3.05, 3.63) is 30.0 Å². The van der Waals surface area contributed by atoms with Crippen molar-refractivity contribution < 1.29 is 0 Å². The lowest BCUT2D eigenvalue weighted by Gasteiger charge is -2.01. The summed E-state index contributed by atoms with van der Waals surface area (Å²) in [6.45, 7) is 4.15. The van der Waals surface area contributed by atoms with Crippen molar-refractivity contribution in [1.29, 1.82) is 0 Å². The predicted molar refractivity (Wildman–Crippen MR) is 58.0 cm³/mol. The second kappa shape index (κ2) is 3.31. The smallest absolute Gasteiger partial charge is 0.140 e. The van der Waals surface area contributed by atoms with Gasteiger partial charge in [0.1, 0.15) is 12.0 Å². The van der Waals surface area contributed by atoms with Gasteiger partial charge in [0.15, 0.2) is 0 Å². The Morgan fingerprint density at radius 1 is 1.53 bits per heavy atom. The van der Waals surface area contributed by atoms with E-state index in [0.29, 0.717) is 5.92 Å². The minimum Gasteiger partial charge on any atom is -0.316 e. The maximum Gasteiger partial charge on any atom is 0.140 e. The molecule has 2 aromatic heterocycles. The molecule has 15 heavy (non-hydrogen) atoms. The summed E-state index contributed by atoms with van der Waals surface area (Å²) in [5.74, 6) is 0.574. The van der Waals surface area contributed by atoms with Gasteiger partial charge < -0.3 is 5.32 Å². The van der Waals surface area contributed by atoms with Crippen molar-refractivity contribution in [2.75, 3.05) is 13.1 Å². The van der Waals surface area contributed by atoms with Crippen LogP contribution in [0.5, 0.6) is 0 Å². The van der Waals surface area contributed by atoms with Crippen LogP contribution in [0.25, 0.3) is 5.65 Å². The zero-order valence-corrected chi connectivity index (χ0v) is 8.77. The van der Waals surface area contributed by atoms with E-state index in [-0.39, 0.29) is 0 Å². The van der Waals surface area contributed by atoms with Crippen LogP contribution in [-0.4, -0.2) is 27.5 Å². The molecule has 1 saturated heterocycles. The van der Waals surface area contributed by atoms with Crippen LogP contribution in [0.1, 0.15) is 23.7 Å². The van der Waals surface area contributed by atoms with E-state index in [4.69, 9.17) is 0 Å². The van der Waals surface area contributed by atoms with Gasteiger partial charge in [-0.3, -0.25) is 4.40 Å². The molecule has 4 heteroatoms. The Morgan fingerprint density at radius 3 is 3.27 bits per heavy atom. The average molecular weight is 202 g/mol. The number of fused-ring (bicyclic) bond motifs is 1. The normalized spacial score (nSPS) is 21.3. The van der Waals surface area contributed by atoms with Crippen LogP contribution in [0.3, 0.4) is 0 Å². The fraction of sp³-hybridized carbons (Fsp3) is 0.455. The van der Waals surface area contributed by atoms with Gasteiger partial charge in [-0.25, -0.2) is 9.97 Å². The molecule has 1 unspecified atom stereocenters. The number of rotatable bonds is 1. The Morgan fingerprint density at radius 2 is 2.47 bits per heavy atom. The molecule has 0 amide bonds. The summed E-state index contributed by atoms with van der Waals surface area (Å²) in [5.41, 5.74) is 3.21. The lowest BCUT2D eigenvalue weighted by molar-refractivity contribution is 0.741. The summed E-state index contributed by atoms with van der Waals surface area (Å²) in [4.78, 5) is 8.89. The van der Waals surface area contributed by atoms with Gasteiger partial charge in [-0.1, -0.05) is 0 Å². The topological polar surface area (TPSA) is 42.2 Å². The molecule has 0 radical (unpaired) electrons. The maximum atomic E-state index is 4.64. The molecule has 0 saturated carbocycles. The highest BCUT2D eigenvalue weighted by atomic mass is 15.0. The Hall–Kier alpha value is -1.42. The van der Waals surface area contributed by atoms with Gasteiger partial charge in [0.25, 0.3) is 0 Å². The summed E-state index contributed by atoms with van der Waals surface area (Å²) >= 11 is 0. The first-order valence-electron chi connectivity index (χ1n) is 5.35. The Bertz CT molecular complexity index is 482. The van der Waals surface area contributed by atoms with Crippen LogP contribution in [0.2, 0.25) is 0 Å². The van der Waals surface area contributed by atoms with Crippen molar-refractivity contribution >= 4 is 5.65 Å². The third-order valence-corrected chi connectivity index (χ3v) is 2.98. The van der Waals surface area contributed by atoms with E-state index in [1.807, 2.05) is 23.7 Å². The second-order valence-corrected chi connectivity index (χ2v) is 4.15. The van der Waals surface area contributed by atoms with Crippen molar-refractivity contribution in [2.24, 2.45) is 0 Å². The van der Waals surface area contributed by atoms with Gasteiger partial charge in [0.05, 0.1) is 5.69 Å². The van der Waals surface area contributed by atoms with Gasteiger partial charge in [-0.05, 0) is 19.9 Å². The van der Waals surface area contributed by atoms with E-state index >= 15 is 0 Å². The van der Waals surface area contributed by atoms with Gasteiger partial charge in [0.2, 0.25) is 0 Å². The highest BCUT2D eigenvalue weighted by Gasteiger charge is 2.19. The molecule has 0 spiro atoms. The zero-order chi connectivity index (χ0) is 10.3. The molecule has 0 bridgehead atoms. The number of imidazole rings is 1. The number of aryl methyl sites for hydroxylation is 1. The molecule has 0 aliphatic carbocycles. The van der Waals surface area contributed by atoms with E-state index in [1.165, 1.54) is 12.1 Å². The third-order valence-electron chi connectivity index (χ3n) is 2.98. The second-order valence-electron chi connectivity index (χ2n) is 4.15. The van der Waals surface area contributed by atoms with Crippen LogP contribution in [0, 0.1) is 6.92 Å². The fourth-order valence-corrected chi connectivity index (χ4v) is 2.11. The first-order valence-corrected chi connectivity index (χ1v) is 5.35. The highest BCUT2D eigenvalue weighted by molar-refractivity contribution is 5.41. The summed E-state index contributed by atoms with van der Waals surface area (Å²) in [6, 6.07) is 2.02. The van der Waals surface area contributed by atoms with Crippen molar-refractivity contribution in [2.45, 2.75) is 19.3 Å². The summed E-state index contributed by atoms with van der Waals surface area (Å²) in [7, 11) is 0. The first kappa shape index (κ1) is 8.85. The molecule has 0 aromatic carbocycles. The Labute approximate surface area is 88.4 Å². The molecule has 3 rings (SSSR count). The monoisotopic (exact) mass is 202 g/mol. The van der Waals surface area contributed by atoms with Crippen molar-refractivity contribution in [1.82, 2.24) is 19.7 Å². The van der Waals surface area contributed by atoms with Gasteiger partial charge in [0, 0.05) is 30.4 Å². The standard InChI is InChI=1S/C11H14N4/c1-8-4-11-14-10(6-15(11)7-13-8)9-2-3-12-5-9/h4,6-7,9,12H,2-3,5H2,1H3. The van der Waals surface area contributed by atoms with Crippen LogP contribution >= 0.6 is 0 Å². The lowest BCUT2D eigenvalue weighted by Crippen LogP contribution is -2.07. The molecule has 1 aliphatic rings. The number of nitrogens with one attached hydrogen (secondary N) is 1. The lowest BCUT2D eigenvalue weighted by atomic mass is 10.1. The SMILES string of the molecule is Cc1cc2nc(C3CCNC3)cn2cn1. The van der Waals surface area contributed by atoms with Crippen molar-refractivity contribution in [3.63, 3.8) is 0 Å². The Kier molecular flexibility index (Phi) is 1.95. The van der Waals surface area contributed by atoms with Crippen LogP contribution in [-0.2, 0) is 0 Å².